The summed E-state index contributed by atoms with van der Waals surface area (Å²) in [5.74, 6) is 3.01. The Labute approximate surface area is 165 Å². The van der Waals surface area contributed by atoms with Crippen LogP contribution in [0, 0.1) is 34.5 Å². The largest absolute Gasteiger partial charge is 0.396 e. The van der Waals surface area contributed by atoms with Gasteiger partial charge in [-0.05, 0) is 99.7 Å². The second kappa shape index (κ2) is 7.46. The van der Waals surface area contributed by atoms with Gasteiger partial charge in [-0.3, -0.25) is 0 Å². The first-order valence-electron chi connectivity index (χ1n) is 11.5. The van der Waals surface area contributed by atoms with E-state index in [0.717, 1.165) is 30.6 Å². The van der Waals surface area contributed by atoms with Crippen LogP contribution in [0.5, 0.6) is 0 Å². The lowest BCUT2D eigenvalue weighted by atomic mass is 9.47. The quantitative estimate of drug-likeness (QED) is 0.521. The number of hydrogen-bond donors (Lipinski definition) is 1. The molecule has 27 heavy (non-hydrogen) atoms. The van der Waals surface area contributed by atoms with Gasteiger partial charge in [0.25, 0.3) is 0 Å². The number of rotatable bonds is 5. The number of aliphatic hydroxyl groups is 1. The molecule has 0 amide bonds. The SMILES string of the molecule is CCOC(C)OC1CCC2(C)C(=CCC3C2CCC2(C)C(CO)CCC32)C1. The zero-order valence-electron chi connectivity index (χ0n) is 17.9. The summed E-state index contributed by atoms with van der Waals surface area (Å²) < 4.78 is 11.8. The van der Waals surface area contributed by atoms with Gasteiger partial charge in [0.15, 0.2) is 6.29 Å². The van der Waals surface area contributed by atoms with Crippen LogP contribution in [0.1, 0.15) is 79.1 Å². The maximum atomic E-state index is 9.91. The molecule has 3 saturated carbocycles. The van der Waals surface area contributed by atoms with Crippen molar-refractivity contribution in [3.8, 4) is 0 Å². The minimum absolute atomic E-state index is 0.0920. The molecule has 3 fully saturated rings. The number of fused-ring (bicyclic) bond motifs is 5. The first-order chi connectivity index (χ1) is 12.9. The van der Waals surface area contributed by atoms with Gasteiger partial charge in [0.05, 0.1) is 6.10 Å². The summed E-state index contributed by atoms with van der Waals surface area (Å²) in [5, 5.41) is 9.91. The van der Waals surface area contributed by atoms with Crippen molar-refractivity contribution < 1.29 is 14.6 Å². The van der Waals surface area contributed by atoms with Gasteiger partial charge in [0, 0.05) is 13.2 Å². The number of ether oxygens (including phenoxy) is 2. The van der Waals surface area contributed by atoms with Gasteiger partial charge in [-0.2, -0.15) is 0 Å². The Bertz CT molecular complexity index is 572. The summed E-state index contributed by atoms with van der Waals surface area (Å²) in [4.78, 5) is 0. The third-order valence-electron chi connectivity index (χ3n) is 9.26. The molecule has 4 aliphatic carbocycles. The summed E-state index contributed by atoms with van der Waals surface area (Å²) in [6.07, 6.45) is 12.8. The molecule has 0 saturated heterocycles. The second-order valence-corrected chi connectivity index (χ2v) is 10.3. The van der Waals surface area contributed by atoms with Crippen molar-refractivity contribution in [1.29, 1.82) is 0 Å². The Kier molecular flexibility index (Phi) is 5.50. The lowest BCUT2D eigenvalue weighted by Gasteiger charge is -2.58. The van der Waals surface area contributed by atoms with Gasteiger partial charge >= 0.3 is 0 Å². The Balaban J connectivity index is 1.50. The standard InChI is InChI=1S/C24H40O3/c1-5-26-16(2)27-19-10-12-23(3)17(14-19)6-8-20-21-9-7-18(15-25)24(21,4)13-11-22(20)23/h6,16,18-22,25H,5,7-15H2,1-4H3. The van der Waals surface area contributed by atoms with Crippen molar-refractivity contribution in [1.82, 2.24) is 0 Å². The van der Waals surface area contributed by atoms with Crippen LogP contribution in [0.3, 0.4) is 0 Å². The third kappa shape index (κ3) is 3.22. The third-order valence-corrected chi connectivity index (χ3v) is 9.26. The summed E-state index contributed by atoms with van der Waals surface area (Å²) in [5.41, 5.74) is 2.42. The first kappa shape index (κ1) is 19.9. The Hall–Kier alpha value is -0.380. The average molecular weight is 377 g/mol. The topological polar surface area (TPSA) is 38.7 Å². The molecule has 1 N–H and O–H groups in total. The molecule has 3 heteroatoms. The van der Waals surface area contributed by atoms with Gasteiger partial charge in [-0.25, -0.2) is 0 Å². The summed E-state index contributed by atoms with van der Waals surface area (Å²) >= 11 is 0. The van der Waals surface area contributed by atoms with Crippen LogP contribution in [0.25, 0.3) is 0 Å². The van der Waals surface area contributed by atoms with Crippen molar-refractivity contribution in [3.05, 3.63) is 11.6 Å². The molecule has 0 heterocycles. The van der Waals surface area contributed by atoms with E-state index in [1.807, 2.05) is 13.8 Å². The minimum Gasteiger partial charge on any atom is -0.396 e. The molecule has 0 spiro atoms. The molecule has 0 aliphatic heterocycles. The van der Waals surface area contributed by atoms with E-state index < -0.39 is 0 Å². The number of aliphatic hydroxyl groups excluding tert-OH is 1. The lowest BCUT2D eigenvalue weighted by Crippen LogP contribution is -2.50. The fraction of sp³-hybridized carbons (Fsp3) is 0.917. The normalized spacial score (nSPS) is 47.6. The van der Waals surface area contributed by atoms with Crippen LogP contribution in [0.4, 0.5) is 0 Å². The summed E-state index contributed by atoms with van der Waals surface area (Å²) in [7, 11) is 0. The fourth-order valence-electron chi connectivity index (χ4n) is 7.70. The predicted molar refractivity (Wildman–Crippen MR) is 108 cm³/mol. The van der Waals surface area contributed by atoms with Crippen LogP contribution in [-0.2, 0) is 9.47 Å². The highest BCUT2D eigenvalue weighted by molar-refractivity contribution is 5.25. The lowest BCUT2D eigenvalue weighted by molar-refractivity contribution is -0.167. The monoisotopic (exact) mass is 376 g/mol. The van der Waals surface area contributed by atoms with E-state index in [-0.39, 0.29) is 6.29 Å². The maximum absolute atomic E-state index is 9.91. The van der Waals surface area contributed by atoms with Crippen molar-refractivity contribution >= 4 is 0 Å². The van der Waals surface area contributed by atoms with Gasteiger partial charge < -0.3 is 14.6 Å². The Morgan fingerprint density at radius 1 is 1.15 bits per heavy atom. The number of hydrogen-bond acceptors (Lipinski definition) is 3. The van der Waals surface area contributed by atoms with Crippen molar-refractivity contribution in [2.24, 2.45) is 34.5 Å². The van der Waals surface area contributed by atoms with E-state index >= 15 is 0 Å². The van der Waals surface area contributed by atoms with E-state index in [0.29, 0.717) is 36.1 Å². The molecule has 4 rings (SSSR count). The molecule has 0 aromatic rings. The molecule has 154 valence electrons. The zero-order valence-corrected chi connectivity index (χ0v) is 17.9. The maximum Gasteiger partial charge on any atom is 0.155 e. The second-order valence-electron chi connectivity index (χ2n) is 10.3. The zero-order chi connectivity index (χ0) is 19.2. The Morgan fingerprint density at radius 3 is 2.70 bits per heavy atom. The van der Waals surface area contributed by atoms with Crippen molar-refractivity contribution in [3.63, 3.8) is 0 Å². The summed E-state index contributed by atoms with van der Waals surface area (Å²) in [6, 6.07) is 0. The van der Waals surface area contributed by atoms with E-state index in [1.54, 1.807) is 5.57 Å². The van der Waals surface area contributed by atoms with E-state index in [9.17, 15) is 5.11 Å². The van der Waals surface area contributed by atoms with Crippen LogP contribution in [0.15, 0.2) is 11.6 Å². The minimum atomic E-state index is -0.0920. The summed E-state index contributed by atoms with van der Waals surface area (Å²) in [6.45, 7) is 10.2. The van der Waals surface area contributed by atoms with Crippen LogP contribution < -0.4 is 0 Å². The molecule has 0 aromatic heterocycles. The molecule has 3 nitrogen and oxygen atoms in total. The van der Waals surface area contributed by atoms with Crippen molar-refractivity contribution in [2.75, 3.05) is 13.2 Å². The van der Waals surface area contributed by atoms with Crippen LogP contribution in [-0.4, -0.2) is 30.7 Å². The Morgan fingerprint density at radius 2 is 1.96 bits per heavy atom. The van der Waals surface area contributed by atoms with Crippen LogP contribution >= 0.6 is 0 Å². The van der Waals surface area contributed by atoms with Gasteiger partial charge in [0.1, 0.15) is 0 Å². The van der Waals surface area contributed by atoms with E-state index in [2.05, 4.69) is 19.9 Å². The molecular weight excluding hydrogens is 336 g/mol. The van der Waals surface area contributed by atoms with E-state index in [4.69, 9.17) is 9.47 Å². The van der Waals surface area contributed by atoms with Gasteiger partial charge in [0.2, 0.25) is 0 Å². The fourth-order valence-corrected chi connectivity index (χ4v) is 7.70. The molecule has 0 radical (unpaired) electrons. The van der Waals surface area contributed by atoms with Crippen molar-refractivity contribution in [2.45, 2.75) is 91.5 Å². The highest BCUT2D eigenvalue weighted by Crippen LogP contribution is 2.66. The van der Waals surface area contributed by atoms with E-state index in [1.165, 1.54) is 38.5 Å². The molecule has 8 atom stereocenters. The molecule has 8 unspecified atom stereocenters. The predicted octanol–water partition coefficient (Wildman–Crippen LogP) is 5.33. The highest BCUT2D eigenvalue weighted by Gasteiger charge is 2.58. The van der Waals surface area contributed by atoms with Gasteiger partial charge in [-0.15, -0.1) is 0 Å². The average Bonchev–Trinajstić information content (AvgIpc) is 2.98. The molecule has 0 bridgehead atoms. The van der Waals surface area contributed by atoms with Gasteiger partial charge in [-0.1, -0.05) is 25.5 Å². The molecule has 4 aliphatic rings. The first-order valence-corrected chi connectivity index (χ1v) is 11.5. The highest BCUT2D eigenvalue weighted by atomic mass is 16.7. The molecular formula is C24H40O3. The molecule has 0 aromatic carbocycles. The van der Waals surface area contributed by atoms with Crippen LogP contribution in [0.2, 0.25) is 0 Å². The number of allylic oxidation sites excluding steroid dienone is 1. The smallest absolute Gasteiger partial charge is 0.155 e.